The molecule has 0 amide bonds. The summed E-state index contributed by atoms with van der Waals surface area (Å²) >= 11 is 6.04. The number of nitrogens with zero attached hydrogens (tertiary/aromatic N) is 3. The van der Waals surface area contributed by atoms with Gasteiger partial charge < -0.3 is 19.8 Å². The second kappa shape index (κ2) is 7.44. The van der Waals surface area contributed by atoms with Crippen LogP contribution in [0, 0.1) is 0 Å². The number of imidazole rings is 1. The molecule has 0 radical (unpaired) electrons. The van der Waals surface area contributed by atoms with Gasteiger partial charge in [-0.3, -0.25) is 0 Å². The van der Waals surface area contributed by atoms with Gasteiger partial charge in [-0.25, -0.2) is 15.0 Å². The molecule has 0 atom stereocenters. The summed E-state index contributed by atoms with van der Waals surface area (Å²) in [5.41, 5.74) is 3.54. The van der Waals surface area contributed by atoms with Crippen molar-refractivity contribution in [1.29, 1.82) is 0 Å². The fraction of sp³-hybridized carbons (Fsp3) is 0.0952. The summed E-state index contributed by atoms with van der Waals surface area (Å²) in [7, 11) is 0. The molecule has 0 saturated heterocycles. The van der Waals surface area contributed by atoms with Gasteiger partial charge in [0.05, 0.1) is 11.3 Å². The molecule has 3 heterocycles. The number of aromatic amines is 1. The van der Waals surface area contributed by atoms with E-state index in [4.69, 9.17) is 26.1 Å². The minimum Gasteiger partial charge on any atom is -0.454 e. The highest BCUT2D eigenvalue weighted by molar-refractivity contribution is 6.30. The van der Waals surface area contributed by atoms with Gasteiger partial charge in [0, 0.05) is 35.7 Å². The van der Waals surface area contributed by atoms with E-state index in [1.807, 2.05) is 42.5 Å². The Kier molecular flexibility index (Phi) is 4.50. The molecule has 5 rings (SSSR count). The number of fused-ring (bicyclic) bond motifs is 1. The molecule has 8 heteroatoms. The van der Waals surface area contributed by atoms with Crippen LogP contribution in [0.25, 0.3) is 22.6 Å². The van der Waals surface area contributed by atoms with E-state index >= 15 is 0 Å². The van der Waals surface area contributed by atoms with Gasteiger partial charge in [-0.15, -0.1) is 0 Å². The monoisotopic (exact) mass is 405 g/mol. The Balaban J connectivity index is 1.45. The number of ether oxygens (including phenoxy) is 2. The first kappa shape index (κ1) is 17.5. The first-order chi connectivity index (χ1) is 14.3. The standard InChI is InChI=1S/C21H16ClN5O2/c22-15-4-2-14(3-5-15)19-16(20-23-7-8-24-20)11-26-21(27-19)25-10-13-1-6-17-18(9-13)29-12-28-17/h1-9,11H,10,12H2,(H,23,24)(H,25,26,27). The van der Waals surface area contributed by atoms with Crippen LogP contribution in [0.15, 0.2) is 61.1 Å². The Bertz CT molecular complexity index is 1150. The predicted molar refractivity (Wildman–Crippen MR) is 110 cm³/mol. The zero-order valence-electron chi connectivity index (χ0n) is 15.2. The molecule has 1 aliphatic heterocycles. The van der Waals surface area contributed by atoms with Gasteiger partial charge in [0.15, 0.2) is 11.5 Å². The summed E-state index contributed by atoms with van der Waals surface area (Å²) < 4.78 is 10.8. The lowest BCUT2D eigenvalue weighted by Gasteiger charge is -2.11. The molecule has 2 aromatic heterocycles. The minimum absolute atomic E-state index is 0.258. The Labute approximate surface area is 171 Å². The SMILES string of the molecule is Clc1ccc(-c2nc(NCc3ccc4c(c3)OCO4)ncc2-c2ncc[nH]2)cc1. The molecule has 144 valence electrons. The van der Waals surface area contributed by atoms with Crippen LogP contribution >= 0.6 is 11.6 Å². The third-order valence-corrected chi connectivity index (χ3v) is 4.80. The van der Waals surface area contributed by atoms with E-state index in [1.165, 1.54) is 0 Å². The number of hydrogen-bond donors (Lipinski definition) is 2. The summed E-state index contributed by atoms with van der Waals surface area (Å²) in [6.07, 6.45) is 5.23. The molecule has 0 bridgehead atoms. The third kappa shape index (κ3) is 3.60. The van der Waals surface area contributed by atoms with Gasteiger partial charge in [0.25, 0.3) is 0 Å². The van der Waals surface area contributed by atoms with E-state index in [0.717, 1.165) is 33.9 Å². The number of hydrogen-bond acceptors (Lipinski definition) is 6. The van der Waals surface area contributed by atoms with Gasteiger partial charge in [-0.2, -0.15) is 0 Å². The smallest absolute Gasteiger partial charge is 0.231 e. The quantitative estimate of drug-likeness (QED) is 0.507. The largest absolute Gasteiger partial charge is 0.454 e. The molecule has 4 aromatic rings. The van der Waals surface area contributed by atoms with Crippen LogP contribution in [0.4, 0.5) is 5.95 Å². The highest BCUT2D eigenvalue weighted by atomic mass is 35.5. The number of benzene rings is 2. The molecule has 1 aliphatic rings. The second-order valence-corrected chi connectivity index (χ2v) is 6.88. The van der Waals surface area contributed by atoms with E-state index in [-0.39, 0.29) is 6.79 Å². The highest BCUT2D eigenvalue weighted by Gasteiger charge is 2.15. The summed E-state index contributed by atoms with van der Waals surface area (Å²) in [5.74, 6) is 2.73. The molecule has 0 fully saturated rings. The average Bonchev–Trinajstić information content (AvgIpc) is 3.44. The van der Waals surface area contributed by atoms with Crippen LogP contribution in [0.3, 0.4) is 0 Å². The first-order valence-corrected chi connectivity index (χ1v) is 9.39. The second-order valence-electron chi connectivity index (χ2n) is 6.44. The topological polar surface area (TPSA) is 85.0 Å². The van der Waals surface area contributed by atoms with Crippen LogP contribution < -0.4 is 14.8 Å². The average molecular weight is 406 g/mol. The normalized spacial score (nSPS) is 12.2. The zero-order valence-corrected chi connectivity index (χ0v) is 16.0. The number of anilines is 1. The number of H-pyrrole nitrogens is 1. The van der Waals surface area contributed by atoms with E-state index in [1.54, 1.807) is 18.6 Å². The number of halogens is 1. The Morgan fingerprint density at radius 1 is 1.03 bits per heavy atom. The molecule has 0 spiro atoms. The lowest BCUT2D eigenvalue weighted by molar-refractivity contribution is 0.174. The first-order valence-electron chi connectivity index (χ1n) is 9.01. The van der Waals surface area contributed by atoms with Crippen LogP contribution in [-0.2, 0) is 6.54 Å². The van der Waals surface area contributed by atoms with Crippen molar-refractivity contribution in [3.63, 3.8) is 0 Å². The maximum Gasteiger partial charge on any atom is 0.231 e. The lowest BCUT2D eigenvalue weighted by atomic mass is 10.1. The Morgan fingerprint density at radius 2 is 1.90 bits per heavy atom. The summed E-state index contributed by atoms with van der Waals surface area (Å²) in [4.78, 5) is 16.6. The van der Waals surface area contributed by atoms with Crippen molar-refractivity contribution in [2.45, 2.75) is 6.54 Å². The highest BCUT2D eigenvalue weighted by Crippen LogP contribution is 2.33. The van der Waals surface area contributed by atoms with Crippen molar-refractivity contribution in [3.8, 4) is 34.1 Å². The molecule has 0 unspecified atom stereocenters. The molecule has 2 N–H and O–H groups in total. The zero-order chi connectivity index (χ0) is 19.6. The summed E-state index contributed by atoms with van der Waals surface area (Å²) in [6, 6.07) is 13.4. The van der Waals surface area contributed by atoms with E-state index < -0.39 is 0 Å². The lowest BCUT2D eigenvalue weighted by Crippen LogP contribution is -2.05. The van der Waals surface area contributed by atoms with E-state index in [0.29, 0.717) is 23.3 Å². The minimum atomic E-state index is 0.258. The number of aromatic nitrogens is 4. The van der Waals surface area contributed by atoms with Gasteiger partial charge in [0.1, 0.15) is 5.82 Å². The summed E-state index contributed by atoms with van der Waals surface area (Å²) in [6.45, 7) is 0.810. The molecule has 0 aliphatic carbocycles. The van der Waals surface area contributed by atoms with Gasteiger partial charge in [-0.05, 0) is 29.8 Å². The van der Waals surface area contributed by atoms with Gasteiger partial charge in [-0.1, -0.05) is 29.8 Å². The van der Waals surface area contributed by atoms with Crippen LogP contribution in [0.1, 0.15) is 5.56 Å². The number of rotatable bonds is 5. The number of nitrogens with one attached hydrogen (secondary N) is 2. The van der Waals surface area contributed by atoms with E-state index in [9.17, 15) is 0 Å². The van der Waals surface area contributed by atoms with Crippen molar-refractivity contribution >= 4 is 17.5 Å². The van der Waals surface area contributed by atoms with Crippen molar-refractivity contribution in [3.05, 3.63) is 71.6 Å². The third-order valence-electron chi connectivity index (χ3n) is 4.55. The predicted octanol–water partition coefficient (Wildman–Crippen LogP) is 4.53. The fourth-order valence-corrected chi connectivity index (χ4v) is 3.24. The van der Waals surface area contributed by atoms with Crippen molar-refractivity contribution in [2.24, 2.45) is 0 Å². The molecule has 7 nitrogen and oxygen atoms in total. The summed E-state index contributed by atoms with van der Waals surface area (Å²) in [5, 5.41) is 3.94. The van der Waals surface area contributed by atoms with Gasteiger partial charge >= 0.3 is 0 Å². The van der Waals surface area contributed by atoms with Crippen LogP contribution in [-0.4, -0.2) is 26.7 Å². The van der Waals surface area contributed by atoms with Crippen molar-refractivity contribution in [2.75, 3.05) is 12.1 Å². The van der Waals surface area contributed by atoms with Crippen molar-refractivity contribution < 1.29 is 9.47 Å². The Morgan fingerprint density at radius 3 is 2.72 bits per heavy atom. The van der Waals surface area contributed by atoms with Crippen LogP contribution in [0.5, 0.6) is 11.5 Å². The fourth-order valence-electron chi connectivity index (χ4n) is 3.11. The maximum atomic E-state index is 6.04. The molecular formula is C21H16ClN5O2. The van der Waals surface area contributed by atoms with Crippen LogP contribution in [0.2, 0.25) is 5.02 Å². The van der Waals surface area contributed by atoms with Crippen molar-refractivity contribution in [1.82, 2.24) is 19.9 Å². The maximum absolute atomic E-state index is 6.04. The molecule has 0 saturated carbocycles. The van der Waals surface area contributed by atoms with E-state index in [2.05, 4.69) is 20.3 Å². The molecule has 2 aromatic carbocycles. The van der Waals surface area contributed by atoms with Gasteiger partial charge in [0.2, 0.25) is 12.7 Å². The molecule has 29 heavy (non-hydrogen) atoms. The molecular weight excluding hydrogens is 390 g/mol. The Hall–Kier alpha value is -3.58.